The SMILES string of the molecule is O=C(O)N1CCC(CNc2cccnn2)CC1. The fraction of sp³-hybridized carbons (Fsp3) is 0.545. The maximum Gasteiger partial charge on any atom is 0.407 e. The molecular formula is C11H16N4O2. The van der Waals surface area contributed by atoms with E-state index < -0.39 is 6.09 Å². The van der Waals surface area contributed by atoms with Crippen LogP contribution < -0.4 is 5.32 Å². The first kappa shape index (κ1) is 11.6. The minimum absolute atomic E-state index is 0.507. The number of carbonyl (C=O) groups is 1. The monoisotopic (exact) mass is 236 g/mol. The number of amides is 1. The van der Waals surface area contributed by atoms with Crippen LogP contribution in [0, 0.1) is 5.92 Å². The summed E-state index contributed by atoms with van der Waals surface area (Å²) in [5, 5.41) is 19.8. The number of carboxylic acid groups (broad SMARTS) is 1. The fourth-order valence-corrected chi connectivity index (χ4v) is 1.97. The fourth-order valence-electron chi connectivity index (χ4n) is 1.97. The zero-order valence-corrected chi connectivity index (χ0v) is 9.54. The van der Waals surface area contributed by atoms with Gasteiger partial charge in [0, 0.05) is 25.8 Å². The molecule has 1 aromatic rings. The number of rotatable bonds is 3. The number of nitrogens with zero attached hydrogens (tertiary/aromatic N) is 3. The molecule has 92 valence electrons. The van der Waals surface area contributed by atoms with E-state index in [1.807, 2.05) is 12.1 Å². The largest absolute Gasteiger partial charge is 0.465 e. The van der Waals surface area contributed by atoms with E-state index in [2.05, 4.69) is 15.5 Å². The molecule has 2 rings (SSSR count). The van der Waals surface area contributed by atoms with Crippen LogP contribution in [0.5, 0.6) is 0 Å². The molecule has 1 fully saturated rings. The van der Waals surface area contributed by atoms with Gasteiger partial charge in [-0.3, -0.25) is 0 Å². The Balaban J connectivity index is 1.74. The molecule has 0 bridgehead atoms. The molecule has 0 radical (unpaired) electrons. The van der Waals surface area contributed by atoms with Gasteiger partial charge in [0.15, 0.2) is 0 Å². The van der Waals surface area contributed by atoms with E-state index in [4.69, 9.17) is 5.11 Å². The summed E-state index contributed by atoms with van der Waals surface area (Å²) in [5.41, 5.74) is 0. The van der Waals surface area contributed by atoms with Crippen LogP contribution in [-0.4, -0.2) is 45.9 Å². The first-order chi connectivity index (χ1) is 8.25. The van der Waals surface area contributed by atoms with Crippen molar-refractivity contribution in [3.05, 3.63) is 18.3 Å². The first-order valence-electron chi connectivity index (χ1n) is 5.75. The number of nitrogens with one attached hydrogen (secondary N) is 1. The number of piperidine rings is 1. The minimum atomic E-state index is -0.815. The van der Waals surface area contributed by atoms with E-state index in [-0.39, 0.29) is 0 Å². The first-order valence-corrected chi connectivity index (χ1v) is 5.75. The van der Waals surface area contributed by atoms with E-state index in [0.717, 1.165) is 25.2 Å². The predicted octanol–water partition coefficient (Wildman–Crippen LogP) is 1.28. The number of likely N-dealkylation sites (tertiary alicyclic amines) is 1. The lowest BCUT2D eigenvalue weighted by Gasteiger charge is -2.30. The Morgan fingerprint density at radius 3 is 2.88 bits per heavy atom. The highest BCUT2D eigenvalue weighted by atomic mass is 16.4. The Bertz CT molecular complexity index is 363. The Morgan fingerprint density at radius 2 is 2.29 bits per heavy atom. The molecule has 17 heavy (non-hydrogen) atoms. The molecule has 6 heteroatoms. The lowest BCUT2D eigenvalue weighted by atomic mass is 9.97. The second kappa shape index (κ2) is 5.47. The maximum atomic E-state index is 10.7. The summed E-state index contributed by atoms with van der Waals surface area (Å²) in [5.74, 6) is 1.28. The molecule has 2 heterocycles. The van der Waals surface area contributed by atoms with Crippen LogP contribution in [0.1, 0.15) is 12.8 Å². The maximum absolute atomic E-state index is 10.7. The van der Waals surface area contributed by atoms with Crippen molar-refractivity contribution >= 4 is 11.9 Å². The van der Waals surface area contributed by atoms with Crippen LogP contribution in [-0.2, 0) is 0 Å². The highest BCUT2D eigenvalue weighted by Crippen LogP contribution is 2.17. The standard InChI is InChI=1S/C11H16N4O2/c16-11(17)15-6-3-9(4-7-15)8-12-10-2-1-5-13-14-10/h1-2,5,9H,3-4,6-8H2,(H,12,14)(H,16,17). The molecule has 1 aromatic heterocycles. The molecule has 0 unspecified atom stereocenters. The second-order valence-electron chi connectivity index (χ2n) is 4.20. The summed E-state index contributed by atoms with van der Waals surface area (Å²) in [6.45, 7) is 2.08. The van der Waals surface area contributed by atoms with Crippen LogP contribution in [0.3, 0.4) is 0 Å². The van der Waals surface area contributed by atoms with E-state index >= 15 is 0 Å². The van der Waals surface area contributed by atoms with Gasteiger partial charge >= 0.3 is 6.09 Å². The van der Waals surface area contributed by atoms with Crippen LogP contribution in [0.4, 0.5) is 10.6 Å². The Kier molecular flexibility index (Phi) is 3.74. The predicted molar refractivity (Wildman–Crippen MR) is 62.8 cm³/mol. The molecule has 1 amide bonds. The van der Waals surface area contributed by atoms with Gasteiger partial charge in [-0.05, 0) is 30.9 Å². The number of anilines is 1. The van der Waals surface area contributed by atoms with Crippen LogP contribution in [0.2, 0.25) is 0 Å². The summed E-state index contributed by atoms with van der Waals surface area (Å²) in [6.07, 6.45) is 2.63. The van der Waals surface area contributed by atoms with Crippen LogP contribution in [0.15, 0.2) is 18.3 Å². The molecule has 0 saturated carbocycles. The Morgan fingerprint density at radius 1 is 1.53 bits per heavy atom. The number of hydrogen-bond donors (Lipinski definition) is 2. The van der Waals surface area contributed by atoms with Gasteiger partial charge in [-0.15, -0.1) is 5.10 Å². The smallest absolute Gasteiger partial charge is 0.407 e. The van der Waals surface area contributed by atoms with Crippen molar-refractivity contribution in [2.45, 2.75) is 12.8 Å². The van der Waals surface area contributed by atoms with Gasteiger partial charge in [0.1, 0.15) is 5.82 Å². The molecule has 0 aromatic carbocycles. The highest BCUT2D eigenvalue weighted by molar-refractivity contribution is 5.64. The van der Waals surface area contributed by atoms with Crippen molar-refractivity contribution in [3.8, 4) is 0 Å². The molecule has 1 saturated heterocycles. The highest BCUT2D eigenvalue weighted by Gasteiger charge is 2.21. The lowest BCUT2D eigenvalue weighted by molar-refractivity contribution is 0.126. The van der Waals surface area contributed by atoms with Crippen molar-refractivity contribution in [1.29, 1.82) is 0 Å². The van der Waals surface area contributed by atoms with Crippen molar-refractivity contribution in [2.75, 3.05) is 25.0 Å². The van der Waals surface area contributed by atoms with Gasteiger partial charge < -0.3 is 15.3 Å². The van der Waals surface area contributed by atoms with E-state index in [0.29, 0.717) is 19.0 Å². The van der Waals surface area contributed by atoms with Crippen molar-refractivity contribution in [1.82, 2.24) is 15.1 Å². The molecule has 1 aliphatic heterocycles. The zero-order chi connectivity index (χ0) is 12.1. The Labute approximate surface area is 99.7 Å². The van der Waals surface area contributed by atoms with Gasteiger partial charge in [-0.25, -0.2) is 4.79 Å². The third kappa shape index (κ3) is 3.30. The van der Waals surface area contributed by atoms with Crippen molar-refractivity contribution in [3.63, 3.8) is 0 Å². The summed E-state index contributed by atoms with van der Waals surface area (Å²) in [4.78, 5) is 12.2. The van der Waals surface area contributed by atoms with Crippen molar-refractivity contribution in [2.24, 2.45) is 5.92 Å². The van der Waals surface area contributed by atoms with Crippen molar-refractivity contribution < 1.29 is 9.90 Å². The van der Waals surface area contributed by atoms with Crippen LogP contribution in [0.25, 0.3) is 0 Å². The van der Waals surface area contributed by atoms with Gasteiger partial charge in [0.05, 0.1) is 0 Å². The van der Waals surface area contributed by atoms with E-state index in [1.165, 1.54) is 4.90 Å². The third-order valence-corrected chi connectivity index (χ3v) is 3.03. The summed E-state index contributed by atoms with van der Waals surface area (Å²) in [6, 6.07) is 3.71. The normalized spacial score (nSPS) is 16.8. The van der Waals surface area contributed by atoms with Gasteiger partial charge in [-0.1, -0.05) is 0 Å². The molecule has 2 N–H and O–H groups in total. The average Bonchev–Trinajstić information content (AvgIpc) is 2.38. The summed E-state index contributed by atoms with van der Waals surface area (Å²) >= 11 is 0. The number of aromatic nitrogens is 2. The molecule has 0 spiro atoms. The molecule has 0 atom stereocenters. The topological polar surface area (TPSA) is 78.4 Å². The van der Waals surface area contributed by atoms with Crippen LogP contribution >= 0.6 is 0 Å². The van der Waals surface area contributed by atoms with E-state index in [1.54, 1.807) is 6.20 Å². The summed E-state index contributed by atoms with van der Waals surface area (Å²) in [7, 11) is 0. The minimum Gasteiger partial charge on any atom is -0.465 e. The molecule has 6 nitrogen and oxygen atoms in total. The third-order valence-electron chi connectivity index (χ3n) is 3.03. The van der Waals surface area contributed by atoms with Gasteiger partial charge in [-0.2, -0.15) is 5.10 Å². The summed E-state index contributed by atoms with van der Waals surface area (Å²) < 4.78 is 0. The van der Waals surface area contributed by atoms with E-state index in [9.17, 15) is 4.79 Å². The molecule has 0 aliphatic carbocycles. The van der Waals surface area contributed by atoms with Gasteiger partial charge in [0.25, 0.3) is 0 Å². The quantitative estimate of drug-likeness (QED) is 0.826. The molecule has 1 aliphatic rings. The van der Waals surface area contributed by atoms with Gasteiger partial charge in [0.2, 0.25) is 0 Å². The second-order valence-corrected chi connectivity index (χ2v) is 4.20. The Hall–Kier alpha value is -1.85. The molecular weight excluding hydrogens is 220 g/mol. The lowest BCUT2D eigenvalue weighted by Crippen LogP contribution is -2.39. The number of hydrogen-bond acceptors (Lipinski definition) is 4. The average molecular weight is 236 g/mol. The zero-order valence-electron chi connectivity index (χ0n) is 9.54.